The molecule has 0 amide bonds. The van der Waals surface area contributed by atoms with Crippen molar-refractivity contribution in [3.8, 4) is 5.75 Å². The van der Waals surface area contributed by atoms with E-state index < -0.39 is 5.97 Å². The van der Waals surface area contributed by atoms with Crippen molar-refractivity contribution in [1.82, 2.24) is 0 Å². The molecule has 0 aliphatic rings. The molecular weight excluding hydrogens is 204 g/mol. The molecular formula is C13H18O3. The van der Waals surface area contributed by atoms with Crippen LogP contribution in [0.1, 0.15) is 31.7 Å². The van der Waals surface area contributed by atoms with Crippen LogP contribution in [0.4, 0.5) is 0 Å². The molecule has 0 saturated heterocycles. The van der Waals surface area contributed by atoms with Crippen LogP contribution in [0, 0.1) is 0 Å². The van der Waals surface area contributed by atoms with E-state index in [1.807, 2.05) is 24.3 Å². The van der Waals surface area contributed by atoms with Gasteiger partial charge < -0.3 is 9.84 Å². The normalized spacial score (nSPS) is 10.1. The molecule has 0 aliphatic carbocycles. The van der Waals surface area contributed by atoms with E-state index in [1.54, 1.807) is 0 Å². The van der Waals surface area contributed by atoms with E-state index in [-0.39, 0.29) is 6.42 Å². The summed E-state index contributed by atoms with van der Waals surface area (Å²) in [6.07, 6.45) is 2.67. The predicted molar refractivity (Wildman–Crippen MR) is 62.8 cm³/mol. The van der Waals surface area contributed by atoms with Crippen LogP contribution >= 0.6 is 0 Å². The standard InChI is InChI=1S/C13H18O3/c1-2-9-16-12-7-3-5-11(10-12)6-4-8-13(14)15/h3,5,7,10H,2,4,6,8-9H2,1H3,(H,14,15). The highest BCUT2D eigenvalue weighted by Gasteiger charge is 2.00. The molecule has 0 radical (unpaired) electrons. The number of carbonyl (C=O) groups is 1. The van der Waals surface area contributed by atoms with E-state index in [1.165, 1.54) is 0 Å². The Balaban J connectivity index is 2.43. The highest BCUT2D eigenvalue weighted by atomic mass is 16.5. The first-order valence-corrected chi connectivity index (χ1v) is 5.66. The van der Waals surface area contributed by atoms with E-state index in [0.29, 0.717) is 6.42 Å². The highest BCUT2D eigenvalue weighted by molar-refractivity contribution is 5.66. The van der Waals surface area contributed by atoms with Crippen LogP contribution in [0.2, 0.25) is 0 Å². The fourth-order valence-electron chi connectivity index (χ4n) is 1.45. The number of aryl methyl sites for hydroxylation is 1. The molecule has 0 unspecified atom stereocenters. The SMILES string of the molecule is CCCOc1cccc(CCCC(=O)O)c1. The molecule has 1 aromatic rings. The van der Waals surface area contributed by atoms with E-state index in [4.69, 9.17) is 9.84 Å². The van der Waals surface area contributed by atoms with Gasteiger partial charge in [0.15, 0.2) is 0 Å². The zero-order chi connectivity index (χ0) is 11.8. The van der Waals surface area contributed by atoms with Gasteiger partial charge in [0.25, 0.3) is 0 Å². The maximum absolute atomic E-state index is 10.4. The molecule has 16 heavy (non-hydrogen) atoms. The highest BCUT2D eigenvalue weighted by Crippen LogP contribution is 2.15. The number of carboxylic acid groups (broad SMARTS) is 1. The summed E-state index contributed by atoms with van der Waals surface area (Å²) in [6, 6.07) is 7.86. The van der Waals surface area contributed by atoms with Crippen LogP contribution in [0.3, 0.4) is 0 Å². The van der Waals surface area contributed by atoms with Gasteiger partial charge in [0.05, 0.1) is 6.61 Å². The summed E-state index contributed by atoms with van der Waals surface area (Å²) in [5, 5.41) is 8.54. The van der Waals surface area contributed by atoms with E-state index in [2.05, 4.69) is 6.92 Å². The minimum Gasteiger partial charge on any atom is -0.494 e. The van der Waals surface area contributed by atoms with Gasteiger partial charge in [-0.15, -0.1) is 0 Å². The maximum Gasteiger partial charge on any atom is 0.303 e. The maximum atomic E-state index is 10.4. The Bertz CT molecular complexity index is 334. The number of benzene rings is 1. The molecule has 0 bridgehead atoms. The lowest BCUT2D eigenvalue weighted by molar-refractivity contribution is -0.137. The Morgan fingerprint density at radius 1 is 1.44 bits per heavy atom. The molecule has 0 atom stereocenters. The fourth-order valence-corrected chi connectivity index (χ4v) is 1.45. The van der Waals surface area contributed by atoms with Gasteiger partial charge in [0.1, 0.15) is 5.75 Å². The van der Waals surface area contributed by atoms with Crippen LogP contribution in [0.15, 0.2) is 24.3 Å². The van der Waals surface area contributed by atoms with Crippen LogP contribution in [-0.4, -0.2) is 17.7 Å². The number of hydrogen-bond donors (Lipinski definition) is 1. The van der Waals surface area contributed by atoms with Crippen molar-refractivity contribution in [2.24, 2.45) is 0 Å². The average Bonchev–Trinajstić information content (AvgIpc) is 2.26. The summed E-state index contributed by atoms with van der Waals surface area (Å²) in [6.45, 7) is 2.79. The van der Waals surface area contributed by atoms with Gasteiger partial charge >= 0.3 is 5.97 Å². The van der Waals surface area contributed by atoms with Gasteiger partial charge in [-0.3, -0.25) is 4.79 Å². The lowest BCUT2D eigenvalue weighted by Crippen LogP contribution is -1.97. The minimum absolute atomic E-state index is 0.222. The molecule has 3 nitrogen and oxygen atoms in total. The minimum atomic E-state index is -0.738. The van der Waals surface area contributed by atoms with E-state index in [0.717, 1.165) is 30.8 Å². The van der Waals surface area contributed by atoms with Crippen molar-refractivity contribution >= 4 is 5.97 Å². The Labute approximate surface area is 96.1 Å². The van der Waals surface area contributed by atoms with Crippen molar-refractivity contribution in [1.29, 1.82) is 0 Å². The summed E-state index contributed by atoms with van der Waals surface area (Å²) in [5.41, 5.74) is 1.13. The van der Waals surface area contributed by atoms with Crippen molar-refractivity contribution in [3.05, 3.63) is 29.8 Å². The molecule has 88 valence electrons. The van der Waals surface area contributed by atoms with Crippen LogP contribution in [-0.2, 0) is 11.2 Å². The molecule has 1 rings (SSSR count). The topological polar surface area (TPSA) is 46.5 Å². The second kappa shape index (κ2) is 6.88. The lowest BCUT2D eigenvalue weighted by atomic mass is 10.1. The predicted octanol–water partition coefficient (Wildman–Crippen LogP) is 2.88. The molecule has 0 fully saturated rings. The smallest absolute Gasteiger partial charge is 0.303 e. The molecule has 1 aromatic carbocycles. The largest absolute Gasteiger partial charge is 0.494 e. The van der Waals surface area contributed by atoms with Gasteiger partial charge in [-0.05, 0) is 37.0 Å². The van der Waals surface area contributed by atoms with Gasteiger partial charge in [-0.1, -0.05) is 19.1 Å². The van der Waals surface area contributed by atoms with Crippen molar-refractivity contribution in [3.63, 3.8) is 0 Å². The Morgan fingerprint density at radius 2 is 2.25 bits per heavy atom. The summed E-state index contributed by atoms with van der Waals surface area (Å²) < 4.78 is 5.51. The monoisotopic (exact) mass is 222 g/mol. The first-order chi connectivity index (χ1) is 7.72. The first kappa shape index (κ1) is 12.6. The summed E-state index contributed by atoms with van der Waals surface area (Å²) in [5.74, 6) is 0.132. The van der Waals surface area contributed by atoms with Crippen molar-refractivity contribution in [2.75, 3.05) is 6.61 Å². The third-order valence-electron chi connectivity index (χ3n) is 2.23. The molecule has 0 saturated carbocycles. The van der Waals surface area contributed by atoms with Crippen LogP contribution < -0.4 is 4.74 Å². The average molecular weight is 222 g/mol. The zero-order valence-electron chi connectivity index (χ0n) is 9.61. The van der Waals surface area contributed by atoms with Crippen molar-refractivity contribution < 1.29 is 14.6 Å². The fraction of sp³-hybridized carbons (Fsp3) is 0.462. The third-order valence-corrected chi connectivity index (χ3v) is 2.23. The summed E-state index contributed by atoms with van der Waals surface area (Å²) in [4.78, 5) is 10.4. The number of hydrogen-bond acceptors (Lipinski definition) is 2. The lowest BCUT2D eigenvalue weighted by Gasteiger charge is -2.06. The first-order valence-electron chi connectivity index (χ1n) is 5.66. The summed E-state index contributed by atoms with van der Waals surface area (Å²) >= 11 is 0. The molecule has 1 N–H and O–H groups in total. The number of aliphatic carboxylic acids is 1. The second-order valence-electron chi connectivity index (χ2n) is 3.74. The molecule has 0 heterocycles. The molecule has 0 aromatic heterocycles. The number of carboxylic acids is 1. The Kier molecular flexibility index (Phi) is 5.40. The second-order valence-corrected chi connectivity index (χ2v) is 3.74. The number of ether oxygens (including phenoxy) is 1. The Morgan fingerprint density at radius 3 is 2.94 bits per heavy atom. The van der Waals surface area contributed by atoms with E-state index in [9.17, 15) is 4.79 Å². The Hall–Kier alpha value is -1.51. The molecule has 3 heteroatoms. The molecule has 0 aliphatic heterocycles. The summed E-state index contributed by atoms with van der Waals surface area (Å²) in [7, 11) is 0. The molecule has 0 spiro atoms. The van der Waals surface area contributed by atoms with Gasteiger partial charge in [0, 0.05) is 6.42 Å². The van der Waals surface area contributed by atoms with Gasteiger partial charge in [-0.25, -0.2) is 0 Å². The van der Waals surface area contributed by atoms with Crippen LogP contribution in [0.5, 0.6) is 5.75 Å². The van der Waals surface area contributed by atoms with Crippen molar-refractivity contribution in [2.45, 2.75) is 32.6 Å². The van der Waals surface area contributed by atoms with Crippen LogP contribution in [0.25, 0.3) is 0 Å². The number of rotatable bonds is 7. The third kappa shape index (κ3) is 4.82. The van der Waals surface area contributed by atoms with Gasteiger partial charge in [-0.2, -0.15) is 0 Å². The van der Waals surface area contributed by atoms with Gasteiger partial charge in [0.2, 0.25) is 0 Å². The quantitative estimate of drug-likeness (QED) is 0.771. The van der Waals surface area contributed by atoms with E-state index >= 15 is 0 Å². The zero-order valence-corrected chi connectivity index (χ0v) is 9.61.